The molecule has 16 heavy (non-hydrogen) atoms. The van der Waals surface area contributed by atoms with Gasteiger partial charge in [0.05, 0.1) is 12.2 Å². The largest absolute Gasteiger partial charge is 0.399 e. The zero-order valence-electron chi connectivity index (χ0n) is 10.8. The lowest BCUT2D eigenvalue weighted by Gasteiger charge is -2.17. The Hall–Kier alpha value is -1.22. The Morgan fingerprint density at radius 3 is 2.50 bits per heavy atom. The Morgan fingerprint density at radius 1 is 1.38 bits per heavy atom. The molecule has 0 amide bonds. The third-order valence-corrected chi connectivity index (χ3v) is 1.93. The highest BCUT2D eigenvalue weighted by atomic mass is 16.5. The molecule has 0 aromatic rings. The predicted molar refractivity (Wildman–Crippen MR) is 69.9 cm³/mol. The Bertz CT molecular complexity index is 267. The fourth-order valence-electron chi connectivity index (χ4n) is 1.17. The molecular formula is C13H24N2O. The molecule has 0 saturated heterocycles. The quantitative estimate of drug-likeness (QED) is 0.652. The summed E-state index contributed by atoms with van der Waals surface area (Å²) < 4.78 is 5.60. The summed E-state index contributed by atoms with van der Waals surface area (Å²) in [7, 11) is 0. The summed E-state index contributed by atoms with van der Waals surface area (Å²) in [6.45, 7) is 12.5. The van der Waals surface area contributed by atoms with Crippen LogP contribution < -0.4 is 11.1 Å². The number of nitrogens with one attached hydrogen (secondary N) is 1. The number of hydrogen-bond donors (Lipinski definition) is 2. The van der Waals surface area contributed by atoms with E-state index in [2.05, 4.69) is 11.9 Å². The van der Waals surface area contributed by atoms with E-state index in [1.54, 1.807) is 6.08 Å². The molecule has 0 rings (SSSR count). The first-order valence-corrected chi connectivity index (χ1v) is 5.61. The molecule has 0 aromatic carbocycles. The summed E-state index contributed by atoms with van der Waals surface area (Å²) >= 11 is 0. The Kier molecular flexibility index (Phi) is 7.38. The fourth-order valence-corrected chi connectivity index (χ4v) is 1.17. The van der Waals surface area contributed by atoms with Gasteiger partial charge in [0.1, 0.15) is 0 Å². The van der Waals surface area contributed by atoms with Gasteiger partial charge in [-0.25, -0.2) is 0 Å². The van der Waals surface area contributed by atoms with E-state index in [9.17, 15) is 0 Å². The molecule has 0 heterocycles. The molecule has 1 unspecified atom stereocenters. The SMILES string of the molecule is C=C/C(N)=C\C=C(/C)NCC(C)OC(C)C. The van der Waals surface area contributed by atoms with Crippen LogP contribution in [0.15, 0.2) is 36.2 Å². The summed E-state index contributed by atoms with van der Waals surface area (Å²) in [6, 6.07) is 0. The molecule has 0 bridgehead atoms. The molecule has 0 aromatic heterocycles. The second-order valence-corrected chi connectivity index (χ2v) is 4.10. The van der Waals surface area contributed by atoms with Gasteiger partial charge in [-0.15, -0.1) is 0 Å². The highest BCUT2D eigenvalue weighted by molar-refractivity contribution is 5.20. The van der Waals surface area contributed by atoms with Crippen molar-refractivity contribution in [2.75, 3.05) is 6.54 Å². The van der Waals surface area contributed by atoms with Gasteiger partial charge in [-0.2, -0.15) is 0 Å². The number of allylic oxidation sites excluding steroid dienone is 4. The van der Waals surface area contributed by atoms with Gasteiger partial charge < -0.3 is 15.8 Å². The van der Waals surface area contributed by atoms with Crippen LogP contribution in [0.1, 0.15) is 27.7 Å². The van der Waals surface area contributed by atoms with Crippen LogP contribution in [-0.2, 0) is 4.74 Å². The maximum Gasteiger partial charge on any atom is 0.0722 e. The van der Waals surface area contributed by atoms with Crippen molar-refractivity contribution in [3.8, 4) is 0 Å². The summed E-state index contributed by atoms with van der Waals surface area (Å²) in [5.41, 5.74) is 7.31. The van der Waals surface area contributed by atoms with E-state index in [0.717, 1.165) is 12.2 Å². The van der Waals surface area contributed by atoms with Gasteiger partial charge in [0.15, 0.2) is 0 Å². The fraction of sp³-hybridized carbons (Fsp3) is 0.538. The topological polar surface area (TPSA) is 47.3 Å². The Labute approximate surface area is 99.1 Å². The maximum absolute atomic E-state index is 5.60. The molecule has 0 fully saturated rings. The Morgan fingerprint density at radius 2 is 2.00 bits per heavy atom. The minimum absolute atomic E-state index is 0.198. The number of hydrogen-bond acceptors (Lipinski definition) is 3. The van der Waals surface area contributed by atoms with Crippen molar-refractivity contribution in [3.63, 3.8) is 0 Å². The maximum atomic E-state index is 5.60. The van der Waals surface area contributed by atoms with Gasteiger partial charge in [-0.05, 0) is 45.9 Å². The van der Waals surface area contributed by atoms with Crippen molar-refractivity contribution in [1.82, 2.24) is 5.32 Å². The Balaban J connectivity index is 3.97. The van der Waals surface area contributed by atoms with Gasteiger partial charge in [0, 0.05) is 17.9 Å². The standard InChI is InChI=1S/C13H24N2O/c1-6-13(14)8-7-11(4)15-9-12(5)16-10(2)3/h6-8,10,12,15H,1,9,14H2,2-5H3/b11-7+,13-8+. The lowest BCUT2D eigenvalue weighted by molar-refractivity contribution is 0.0208. The second kappa shape index (κ2) is 7.99. The van der Waals surface area contributed by atoms with Crippen molar-refractivity contribution in [2.45, 2.75) is 39.9 Å². The highest BCUT2D eigenvalue weighted by Gasteiger charge is 2.03. The third-order valence-electron chi connectivity index (χ3n) is 1.93. The van der Waals surface area contributed by atoms with Gasteiger partial charge in [0.25, 0.3) is 0 Å². The summed E-state index contributed by atoms with van der Waals surface area (Å²) in [5, 5.41) is 3.27. The molecule has 0 aliphatic rings. The first-order valence-electron chi connectivity index (χ1n) is 5.61. The van der Waals surface area contributed by atoms with Crippen LogP contribution in [0.25, 0.3) is 0 Å². The molecule has 0 saturated carbocycles. The van der Waals surface area contributed by atoms with Crippen LogP contribution in [0.2, 0.25) is 0 Å². The van der Waals surface area contributed by atoms with Crippen molar-refractivity contribution in [2.24, 2.45) is 5.73 Å². The molecule has 92 valence electrons. The summed E-state index contributed by atoms with van der Waals surface area (Å²) in [4.78, 5) is 0. The number of rotatable bonds is 7. The van der Waals surface area contributed by atoms with Crippen molar-refractivity contribution in [3.05, 3.63) is 36.2 Å². The first kappa shape index (κ1) is 14.8. The lowest BCUT2D eigenvalue weighted by Crippen LogP contribution is -2.27. The minimum Gasteiger partial charge on any atom is -0.399 e. The van der Waals surface area contributed by atoms with E-state index in [0.29, 0.717) is 5.70 Å². The molecule has 0 spiro atoms. The van der Waals surface area contributed by atoms with Crippen LogP contribution >= 0.6 is 0 Å². The molecule has 1 atom stereocenters. The van der Waals surface area contributed by atoms with E-state index in [4.69, 9.17) is 10.5 Å². The molecule has 3 heteroatoms. The van der Waals surface area contributed by atoms with Crippen LogP contribution in [0.5, 0.6) is 0 Å². The van der Waals surface area contributed by atoms with Crippen LogP contribution in [0, 0.1) is 0 Å². The van der Waals surface area contributed by atoms with E-state index in [1.165, 1.54) is 0 Å². The zero-order valence-corrected chi connectivity index (χ0v) is 10.8. The highest BCUT2D eigenvalue weighted by Crippen LogP contribution is 1.97. The van der Waals surface area contributed by atoms with Crippen molar-refractivity contribution < 1.29 is 4.74 Å². The van der Waals surface area contributed by atoms with Gasteiger partial charge in [-0.3, -0.25) is 0 Å². The first-order chi connectivity index (χ1) is 7.45. The van der Waals surface area contributed by atoms with Gasteiger partial charge >= 0.3 is 0 Å². The monoisotopic (exact) mass is 224 g/mol. The summed E-state index contributed by atoms with van der Waals surface area (Å²) in [5.74, 6) is 0. The van der Waals surface area contributed by atoms with Gasteiger partial charge in [0.2, 0.25) is 0 Å². The van der Waals surface area contributed by atoms with Crippen molar-refractivity contribution >= 4 is 0 Å². The molecule has 3 nitrogen and oxygen atoms in total. The minimum atomic E-state index is 0.198. The molecule has 0 radical (unpaired) electrons. The predicted octanol–water partition coefficient (Wildman–Crippen LogP) is 2.32. The normalized spacial score (nSPS) is 15.1. The smallest absolute Gasteiger partial charge is 0.0722 e. The average molecular weight is 224 g/mol. The second-order valence-electron chi connectivity index (χ2n) is 4.10. The van der Waals surface area contributed by atoms with Crippen LogP contribution in [0.3, 0.4) is 0 Å². The molecule has 3 N–H and O–H groups in total. The average Bonchev–Trinajstić information content (AvgIpc) is 2.22. The zero-order chi connectivity index (χ0) is 12.6. The number of nitrogens with two attached hydrogens (primary N) is 1. The summed E-state index contributed by atoms with van der Waals surface area (Å²) in [6.07, 6.45) is 5.83. The van der Waals surface area contributed by atoms with Crippen molar-refractivity contribution in [1.29, 1.82) is 0 Å². The van der Waals surface area contributed by atoms with E-state index in [-0.39, 0.29) is 12.2 Å². The molecule has 0 aliphatic carbocycles. The van der Waals surface area contributed by atoms with Gasteiger partial charge in [-0.1, -0.05) is 6.58 Å². The molecule has 0 aliphatic heterocycles. The van der Waals surface area contributed by atoms with E-state index in [1.807, 2.05) is 39.8 Å². The number of ether oxygens (including phenoxy) is 1. The van der Waals surface area contributed by atoms with E-state index < -0.39 is 0 Å². The third kappa shape index (κ3) is 8.12. The van der Waals surface area contributed by atoms with Crippen LogP contribution in [-0.4, -0.2) is 18.8 Å². The van der Waals surface area contributed by atoms with Crippen LogP contribution in [0.4, 0.5) is 0 Å². The molecular weight excluding hydrogens is 200 g/mol. The van der Waals surface area contributed by atoms with E-state index >= 15 is 0 Å². The lowest BCUT2D eigenvalue weighted by atomic mass is 10.3.